The van der Waals surface area contributed by atoms with E-state index in [-0.39, 0.29) is 23.4 Å². The van der Waals surface area contributed by atoms with Gasteiger partial charge in [-0.25, -0.2) is 4.98 Å². The number of aryl methyl sites for hydroxylation is 1. The maximum atomic E-state index is 13.4. The van der Waals surface area contributed by atoms with Gasteiger partial charge in [-0.05, 0) is 76.6 Å². The maximum Gasteiger partial charge on any atom is 0.277 e. The highest BCUT2D eigenvalue weighted by Crippen LogP contribution is 2.39. The van der Waals surface area contributed by atoms with Crippen molar-refractivity contribution in [1.82, 2.24) is 20.1 Å². The number of likely N-dealkylation sites (tertiary alicyclic amines) is 1. The Bertz CT molecular complexity index is 1430. The topological polar surface area (TPSA) is 111 Å². The predicted molar refractivity (Wildman–Crippen MR) is 172 cm³/mol. The second kappa shape index (κ2) is 14.1. The molecule has 2 aromatic rings. The first-order chi connectivity index (χ1) is 21.3. The molecule has 0 bridgehead atoms. The van der Waals surface area contributed by atoms with Gasteiger partial charge in [-0.3, -0.25) is 14.4 Å². The van der Waals surface area contributed by atoms with Crippen LogP contribution in [0.25, 0.3) is 0 Å². The van der Waals surface area contributed by atoms with Crippen LogP contribution >= 0.6 is 0 Å². The van der Waals surface area contributed by atoms with E-state index < -0.39 is 0 Å². The lowest BCUT2D eigenvalue weighted by molar-refractivity contribution is -0.127. The molecule has 2 saturated heterocycles. The van der Waals surface area contributed by atoms with Crippen molar-refractivity contribution >= 4 is 29.1 Å². The van der Waals surface area contributed by atoms with Crippen LogP contribution in [0.2, 0.25) is 0 Å². The van der Waals surface area contributed by atoms with Crippen LogP contribution in [0.1, 0.15) is 98.0 Å². The summed E-state index contributed by atoms with van der Waals surface area (Å²) in [7, 11) is 0. The summed E-state index contributed by atoms with van der Waals surface area (Å²) < 4.78 is 5.58. The molecule has 1 saturated carbocycles. The van der Waals surface area contributed by atoms with Gasteiger partial charge < -0.3 is 29.8 Å². The van der Waals surface area contributed by atoms with Crippen LogP contribution in [0.3, 0.4) is 0 Å². The molecule has 236 valence electrons. The molecule has 5 rings (SSSR count). The quantitative estimate of drug-likeness (QED) is 0.257. The predicted octanol–water partition coefficient (Wildman–Crippen LogP) is 5.10. The Morgan fingerprint density at radius 2 is 1.86 bits per heavy atom. The molecule has 2 aliphatic heterocycles. The minimum absolute atomic E-state index is 0.182. The number of nitrogens with zero attached hydrogens (tertiary/aromatic N) is 4. The zero-order valence-corrected chi connectivity index (χ0v) is 26.6. The first-order valence-corrected chi connectivity index (χ1v) is 16.1. The summed E-state index contributed by atoms with van der Waals surface area (Å²) in [4.78, 5) is 49.7. The van der Waals surface area contributed by atoms with E-state index in [2.05, 4.69) is 57.5 Å². The first kappa shape index (κ1) is 31.3. The van der Waals surface area contributed by atoms with E-state index in [9.17, 15) is 14.4 Å². The van der Waals surface area contributed by atoms with Crippen LogP contribution in [0.15, 0.2) is 46.2 Å². The van der Waals surface area contributed by atoms with E-state index in [1.54, 1.807) is 6.07 Å². The summed E-state index contributed by atoms with van der Waals surface area (Å²) in [6.45, 7) is 13.5. The number of rotatable bonds is 12. The third-order valence-electron chi connectivity index (χ3n) is 8.64. The molecule has 3 heterocycles. The molecule has 1 aromatic carbocycles. The second-order valence-electron chi connectivity index (χ2n) is 12.1. The third-order valence-corrected chi connectivity index (χ3v) is 8.64. The van der Waals surface area contributed by atoms with Gasteiger partial charge in [0.15, 0.2) is 11.6 Å². The highest BCUT2D eigenvalue weighted by molar-refractivity contribution is 6.06. The summed E-state index contributed by atoms with van der Waals surface area (Å²) in [5.41, 5.74) is 5.70. The van der Waals surface area contributed by atoms with Crippen molar-refractivity contribution in [3.05, 3.63) is 64.5 Å². The van der Waals surface area contributed by atoms with Gasteiger partial charge in [0.2, 0.25) is 5.91 Å². The molecule has 0 unspecified atom stereocenters. The van der Waals surface area contributed by atoms with E-state index in [0.717, 1.165) is 63.2 Å². The smallest absolute Gasteiger partial charge is 0.277 e. The molecule has 1 aliphatic carbocycles. The van der Waals surface area contributed by atoms with Gasteiger partial charge in [-0.2, -0.15) is 0 Å². The van der Waals surface area contributed by atoms with Crippen LogP contribution in [-0.2, 0) is 11.2 Å². The van der Waals surface area contributed by atoms with Gasteiger partial charge >= 0.3 is 0 Å². The summed E-state index contributed by atoms with van der Waals surface area (Å²) >= 11 is 0. The Morgan fingerprint density at radius 3 is 2.50 bits per heavy atom. The van der Waals surface area contributed by atoms with Crippen LogP contribution in [0, 0.1) is 0 Å². The maximum absolute atomic E-state index is 13.4. The molecule has 10 heteroatoms. The van der Waals surface area contributed by atoms with E-state index in [4.69, 9.17) is 4.42 Å². The van der Waals surface area contributed by atoms with Crippen LogP contribution in [0.4, 0.5) is 11.4 Å². The summed E-state index contributed by atoms with van der Waals surface area (Å²) in [5, 5.41) is 6.10. The zero-order valence-electron chi connectivity index (χ0n) is 26.6. The number of aromatic nitrogens is 1. The Labute approximate surface area is 260 Å². The Balaban J connectivity index is 1.35. The van der Waals surface area contributed by atoms with Crippen LogP contribution in [-0.4, -0.2) is 78.3 Å². The van der Waals surface area contributed by atoms with Gasteiger partial charge in [0.1, 0.15) is 6.26 Å². The number of nitrogens with one attached hydrogen (secondary N) is 2. The number of carbonyl (C=O) groups excluding carboxylic acids is 3. The number of hydrogen-bond donors (Lipinski definition) is 2. The molecule has 1 aromatic heterocycles. The van der Waals surface area contributed by atoms with Crippen molar-refractivity contribution in [2.75, 3.05) is 56.0 Å². The lowest BCUT2D eigenvalue weighted by atomic mass is 10.0. The van der Waals surface area contributed by atoms with E-state index in [0.29, 0.717) is 55.4 Å². The first-order valence-electron chi connectivity index (χ1n) is 16.1. The zero-order chi connectivity index (χ0) is 31.2. The van der Waals surface area contributed by atoms with E-state index in [1.165, 1.54) is 17.5 Å². The Kier molecular flexibility index (Phi) is 10.1. The summed E-state index contributed by atoms with van der Waals surface area (Å²) in [6, 6.07) is 3.86. The molecule has 44 heavy (non-hydrogen) atoms. The average molecular weight is 603 g/mol. The fourth-order valence-electron chi connectivity index (χ4n) is 6.04. The lowest BCUT2D eigenvalue weighted by Crippen LogP contribution is -2.46. The molecular formula is C34H46N6O4. The molecule has 3 aliphatic rings. The van der Waals surface area contributed by atoms with Crippen molar-refractivity contribution in [3.8, 4) is 0 Å². The second-order valence-corrected chi connectivity index (χ2v) is 12.1. The minimum Gasteiger partial charge on any atom is -0.448 e. The van der Waals surface area contributed by atoms with E-state index in [1.807, 2.05) is 18.7 Å². The molecule has 3 amide bonds. The number of oxazole rings is 1. The fraction of sp³-hybridized carbons (Fsp3) is 0.529. The molecule has 0 spiro atoms. The van der Waals surface area contributed by atoms with Crippen molar-refractivity contribution in [3.63, 3.8) is 0 Å². The summed E-state index contributed by atoms with van der Waals surface area (Å²) in [6.07, 6.45) is 10.6. The highest BCUT2D eigenvalue weighted by atomic mass is 16.3. The largest absolute Gasteiger partial charge is 0.448 e. The van der Waals surface area contributed by atoms with Crippen molar-refractivity contribution < 1.29 is 18.8 Å². The molecular weight excluding hydrogens is 556 g/mol. The highest BCUT2D eigenvalue weighted by Gasteiger charge is 2.30. The van der Waals surface area contributed by atoms with Gasteiger partial charge in [-0.15, -0.1) is 0 Å². The number of amides is 3. The van der Waals surface area contributed by atoms with Gasteiger partial charge in [0, 0.05) is 69.4 Å². The fourth-order valence-corrected chi connectivity index (χ4v) is 6.04. The van der Waals surface area contributed by atoms with Crippen LogP contribution in [0.5, 0.6) is 0 Å². The molecule has 10 nitrogen and oxygen atoms in total. The number of piperazine rings is 1. The lowest BCUT2D eigenvalue weighted by Gasteiger charge is -2.39. The monoisotopic (exact) mass is 602 g/mol. The molecule has 3 fully saturated rings. The molecule has 2 N–H and O–H groups in total. The van der Waals surface area contributed by atoms with E-state index >= 15 is 0 Å². The van der Waals surface area contributed by atoms with Crippen molar-refractivity contribution in [1.29, 1.82) is 0 Å². The number of benzene rings is 1. The van der Waals surface area contributed by atoms with Gasteiger partial charge in [-0.1, -0.05) is 18.6 Å². The van der Waals surface area contributed by atoms with Gasteiger partial charge in [0.05, 0.1) is 11.4 Å². The Hall–Kier alpha value is -4.08. The average Bonchev–Trinajstić information content (AvgIpc) is 3.60. The molecule has 0 atom stereocenters. The standard InChI is InChI=1S/C34H46N6O4/c1-5-9-29(23(3)4)38-16-18-39(19-17-38)30-20-24(6-2)26(32(42)35-13-8-15-40-14-7-10-31(40)41)21-27(30)36-33(43)28-22-44-34(37-28)25-11-12-25/h5,9,20-22,25H,6-8,10-19H2,1-4H3,(H,35,42)(H,36,43)/b9-5-. The molecule has 0 radical (unpaired) electrons. The SMILES string of the molecule is C/C=C\C(=C(C)C)N1CCN(c2cc(CC)c(C(=O)NCCCN3CCCC3=O)cc2NC(=O)c2coc(C3CC3)n2)CC1. The number of carbonyl (C=O) groups is 3. The van der Waals surface area contributed by atoms with Crippen molar-refractivity contribution in [2.45, 2.75) is 72.1 Å². The third kappa shape index (κ3) is 7.34. The van der Waals surface area contributed by atoms with Gasteiger partial charge in [0.25, 0.3) is 11.8 Å². The number of allylic oxidation sites excluding steroid dienone is 3. The normalized spacial score (nSPS) is 17.0. The number of anilines is 2. The Morgan fingerprint density at radius 1 is 1.09 bits per heavy atom. The van der Waals surface area contributed by atoms with Crippen molar-refractivity contribution in [2.24, 2.45) is 0 Å². The van der Waals surface area contributed by atoms with Crippen LogP contribution < -0.4 is 15.5 Å². The number of hydrogen-bond acceptors (Lipinski definition) is 7. The minimum atomic E-state index is -0.355. The summed E-state index contributed by atoms with van der Waals surface area (Å²) in [5.74, 6) is 0.570.